The van der Waals surface area contributed by atoms with Gasteiger partial charge >= 0.3 is 5.00 Å². The van der Waals surface area contributed by atoms with E-state index in [2.05, 4.69) is 10.3 Å². The smallest absolute Gasteiger partial charge is 0.347 e. The Labute approximate surface area is 96.8 Å². The first kappa shape index (κ1) is 11.3. The second-order valence-electron chi connectivity index (χ2n) is 3.86. The molecule has 1 saturated carbocycles. The molecular weight excluding hydrogens is 230 g/mol. The van der Waals surface area contributed by atoms with Gasteiger partial charge in [0.2, 0.25) is 0 Å². The molecule has 0 saturated heterocycles. The standard InChI is InChI=1S/C9H13N3O3S/c1-10-4-6-2-7(3-6)15-9-11-5-8(16-9)12(13)14/h5-7,10H,2-4H2,1H3. The van der Waals surface area contributed by atoms with Crippen molar-refractivity contribution in [1.82, 2.24) is 10.3 Å². The fourth-order valence-corrected chi connectivity index (χ4v) is 2.41. The van der Waals surface area contributed by atoms with Crippen LogP contribution in [-0.2, 0) is 0 Å². The molecule has 0 aliphatic heterocycles. The third-order valence-electron chi connectivity index (χ3n) is 2.60. The average molecular weight is 243 g/mol. The van der Waals surface area contributed by atoms with Crippen molar-refractivity contribution in [3.8, 4) is 5.19 Å². The fraction of sp³-hybridized carbons (Fsp3) is 0.667. The van der Waals surface area contributed by atoms with Gasteiger partial charge in [0.15, 0.2) is 0 Å². The zero-order valence-corrected chi connectivity index (χ0v) is 9.70. The molecule has 1 heterocycles. The highest BCUT2D eigenvalue weighted by Gasteiger charge is 2.31. The number of ether oxygens (including phenoxy) is 1. The van der Waals surface area contributed by atoms with Crippen molar-refractivity contribution in [2.75, 3.05) is 13.6 Å². The van der Waals surface area contributed by atoms with Crippen LogP contribution >= 0.6 is 11.3 Å². The first-order valence-corrected chi connectivity index (χ1v) is 5.92. The van der Waals surface area contributed by atoms with Gasteiger partial charge < -0.3 is 10.1 Å². The number of thiazole rings is 1. The van der Waals surface area contributed by atoms with Crippen molar-refractivity contribution < 1.29 is 9.66 Å². The monoisotopic (exact) mass is 243 g/mol. The largest absolute Gasteiger partial charge is 0.467 e. The Hall–Kier alpha value is -1.21. The third-order valence-corrected chi connectivity index (χ3v) is 3.44. The van der Waals surface area contributed by atoms with Gasteiger partial charge in [-0.2, -0.15) is 0 Å². The molecule has 0 amide bonds. The lowest BCUT2D eigenvalue weighted by Gasteiger charge is -2.34. The van der Waals surface area contributed by atoms with E-state index in [0.717, 1.165) is 30.7 Å². The van der Waals surface area contributed by atoms with Crippen LogP contribution < -0.4 is 10.1 Å². The minimum absolute atomic E-state index is 0.0288. The highest BCUT2D eigenvalue weighted by molar-refractivity contribution is 7.16. The highest BCUT2D eigenvalue weighted by atomic mass is 32.1. The maximum Gasteiger partial charge on any atom is 0.347 e. The van der Waals surface area contributed by atoms with Gasteiger partial charge in [-0.1, -0.05) is 0 Å². The number of rotatable bonds is 5. The summed E-state index contributed by atoms with van der Waals surface area (Å²) >= 11 is 0.985. The molecule has 0 spiro atoms. The van der Waals surface area contributed by atoms with Crippen LogP contribution in [-0.4, -0.2) is 29.6 Å². The van der Waals surface area contributed by atoms with Gasteiger partial charge in [-0.3, -0.25) is 10.1 Å². The molecule has 1 aliphatic rings. The number of nitrogens with zero attached hydrogens (tertiary/aromatic N) is 2. The molecule has 1 aliphatic carbocycles. The number of nitro groups is 1. The summed E-state index contributed by atoms with van der Waals surface area (Å²) in [6.45, 7) is 0.998. The second kappa shape index (κ2) is 4.75. The molecule has 1 N–H and O–H groups in total. The van der Waals surface area contributed by atoms with Crippen LogP contribution in [0.4, 0.5) is 5.00 Å². The average Bonchev–Trinajstić information content (AvgIpc) is 2.63. The van der Waals surface area contributed by atoms with Crippen molar-refractivity contribution >= 4 is 16.3 Å². The van der Waals surface area contributed by atoms with E-state index in [1.165, 1.54) is 6.20 Å². The molecule has 0 atom stereocenters. The summed E-state index contributed by atoms with van der Waals surface area (Å²) in [6.07, 6.45) is 3.40. The summed E-state index contributed by atoms with van der Waals surface area (Å²) in [5.41, 5.74) is 0. The molecule has 0 radical (unpaired) electrons. The molecule has 0 unspecified atom stereocenters. The highest BCUT2D eigenvalue weighted by Crippen LogP contribution is 2.34. The maximum atomic E-state index is 10.4. The van der Waals surface area contributed by atoms with Crippen molar-refractivity contribution in [2.24, 2.45) is 5.92 Å². The van der Waals surface area contributed by atoms with E-state index in [1.54, 1.807) is 0 Å². The van der Waals surface area contributed by atoms with Crippen LogP contribution in [0.5, 0.6) is 5.19 Å². The Morgan fingerprint density at radius 3 is 3.06 bits per heavy atom. The van der Waals surface area contributed by atoms with E-state index < -0.39 is 4.92 Å². The Bertz CT molecular complexity index is 376. The van der Waals surface area contributed by atoms with E-state index >= 15 is 0 Å². The van der Waals surface area contributed by atoms with Crippen LogP contribution in [0.2, 0.25) is 0 Å². The molecule has 2 rings (SSSR count). The van der Waals surface area contributed by atoms with Gasteiger partial charge in [-0.05, 0) is 43.7 Å². The van der Waals surface area contributed by atoms with E-state index in [4.69, 9.17) is 4.74 Å². The predicted molar refractivity (Wildman–Crippen MR) is 59.8 cm³/mol. The van der Waals surface area contributed by atoms with Crippen molar-refractivity contribution in [3.63, 3.8) is 0 Å². The van der Waals surface area contributed by atoms with Crippen LogP contribution in [0, 0.1) is 16.0 Å². The van der Waals surface area contributed by atoms with Gasteiger partial charge in [0, 0.05) is 0 Å². The fourth-order valence-electron chi connectivity index (χ4n) is 1.76. The number of nitrogens with one attached hydrogen (secondary N) is 1. The third kappa shape index (κ3) is 2.48. The molecule has 7 heteroatoms. The lowest BCUT2D eigenvalue weighted by molar-refractivity contribution is -0.380. The van der Waals surface area contributed by atoms with Crippen molar-refractivity contribution in [3.05, 3.63) is 16.3 Å². The zero-order valence-electron chi connectivity index (χ0n) is 8.88. The van der Waals surface area contributed by atoms with E-state index in [0.29, 0.717) is 11.1 Å². The van der Waals surface area contributed by atoms with Crippen molar-refractivity contribution in [1.29, 1.82) is 0 Å². The summed E-state index contributed by atoms with van der Waals surface area (Å²) in [7, 11) is 1.93. The summed E-state index contributed by atoms with van der Waals surface area (Å²) < 4.78 is 5.53. The minimum atomic E-state index is -0.449. The van der Waals surface area contributed by atoms with E-state index in [1.807, 2.05) is 7.05 Å². The SMILES string of the molecule is CNCC1CC(Oc2ncc([N+](=O)[O-])s2)C1. The summed E-state index contributed by atoms with van der Waals surface area (Å²) in [5, 5.41) is 14.0. The zero-order chi connectivity index (χ0) is 11.5. The molecule has 88 valence electrons. The summed E-state index contributed by atoms with van der Waals surface area (Å²) in [5.74, 6) is 0.657. The quantitative estimate of drug-likeness (QED) is 0.625. The Morgan fingerprint density at radius 1 is 1.75 bits per heavy atom. The molecule has 1 aromatic rings. The Balaban J connectivity index is 1.80. The van der Waals surface area contributed by atoms with Crippen LogP contribution in [0.25, 0.3) is 0 Å². The van der Waals surface area contributed by atoms with Gasteiger partial charge in [0.05, 0.1) is 4.92 Å². The first-order valence-electron chi connectivity index (χ1n) is 5.10. The normalized spacial score (nSPS) is 23.8. The topological polar surface area (TPSA) is 77.3 Å². The number of hydrogen-bond acceptors (Lipinski definition) is 6. The predicted octanol–water partition coefficient (Wildman–Crippen LogP) is 1.43. The van der Waals surface area contributed by atoms with Crippen LogP contribution in [0.3, 0.4) is 0 Å². The minimum Gasteiger partial charge on any atom is -0.467 e. The summed E-state index contributed by atoms with van der Waals surface area (Å²) in [4.78, 5) is 13.9. The van der Waals surface area contributed by atoms with Crippen LogP contribution in [0.15, 0.2) is 6.20 Å². The maximum absolute atomic E-state index is 10.4. The molecule has 6 nitrogen and oxygen atoms in total. The molecule has 0 bridgehead atoms. The molecule has 0 aromatic carbocycles. The van der Waals surface area contributed by atoms with Gasteiger partial charge in [0.1, 0.15) is 12.3 Å². The van der Waals surface area contributed by atoms with Crippen LogP contribution in [0.1, 0.15) is 12.8 Å². The van der Waals surface area contributed by atoms with Gasteiger partial charge in [0.25, 0.3) is 5.19 Å². The van der Waals surface area contributed by atoms with Crippen molar-refractivity contribution in [2.45, 2.75) is 18.9 Å². The van der Waals surface area contributed by atoms with Gasteiger partial charge in [-0.25, -0.2) is 4.98 Å². The second-order valence-corrected chi connectivity index (χ2v) is 4.83. The molecule has 1 aromatic heterocycles. The Morgan fingerprint density at radius 2 is 2.50 bits per heavy atom. The van der Waals surface area contributed by atoms with Gasteiger partial charge in [-0.15, -0.1) is 0 Å². The Kier molecular flexibility index (Phi) is 3.35. The number of aromatic nitrogens is 1. The first-order chi connectivity index (χ1) is 7.69. The number of hydrogen-bond donors (Lipinski definition) is 1. The lowest BCUT2D eigenvalue weighted by Crippen LogP contribution is -2.38. The van der Waals surface area contributed by atoms with E-state index in [9.17, 15) is 10.1 Å². The summed E-state index contributed by atoms with van der Waals surface area (Å²) in [6, 6.07) is 0. The van der Waals surface area contributed by atoms with E-state index in [-0.39, 0.29) is 11.1 Å². The molecular formula is C9H13N3O3S. The lowest BCUT2D eigenvalue weighted by atomic mass is 9.82. The molecule has 16 heavy (non-hydrogen) atoms. The molecule has 1 fully saturated rings.